The molecule has 3 rings (SSSR count). The molecule has 2 aliphatic rings. The Balaban J connectivity index is 1.57. The summed E-state index contributed by atoms with van der Waals surface area (Å²) in [5, 5.41) is 4.50. The largest absolute Gasteiger partial charge is 0.314 e. The quantitative estimate of drug-likeness (QED) is 0.913. The van der Waals surface area contributed by atoms with Crippen molar-refractivity contribution < 1.29 is 0 Å². The number of hydrogen-bond donors (Lipinski definition) is 1. The van der Waals surface area contributed by atoms with Crippen LogP contribution in [0.2, 0.25) is 5.02 Å². The summed E-state index contributed by atoms with van der Waals surface area (Å²) in [4.78, 5) is 2.61. The molecule has 0 amide bonds. The van der Waals surface area contributed by atoms with Crippen molar-refractivity contribution in [3.05, 3.63) is 34.9 Å². The second-order valence-electron chi connectivity index (χ2n) is 5.97. The maximum Gasteiger partial charge on any atom is 0.0406 e. The summed E-state index contributed by atoms with van der Waals surface area (Å²) in [5.41, 5.74) is 1.38. The van der Waals surface area contributed by atoms with E-state index in [1.54, 1.807) is 0 Å². The number of nitrogens with one attached hydrogen (secondary N) is 1. The Morgan fingerprint density at radius 2 is 2.00 bits per heavy atom. The van der Waals surface area contributed by atoms with E-state index in [-0.39, 0.29) is 0 Å². The lowest BCUT2D eigenvalue weighted by atomic mass is 9.89. The first-order valence-corrected chi connectivity index (χ1v) is 7.89. The average Bonchev–Trinajstić information content (AvgIpc) is 2.96. The van der Waals surface area contributed by atoms with Gasteiger partial charge in [-0.05, 0) is 62.4 Å². The molecule has 0 bridgehead atoms. The van der Waals surface area contributed by atoms with E-state index in [0.29, 0.717) is 0 Å². The predicted molar refractivity (Wildman–Crippen MR) is 80.5 cm³/mol. The molecule has 2 nitrogen and oxygen atoms in total. The molecule has 2 fully saturated rings. The van der Waals surface area contributed by atoms with Crippen LogP contribution in [-0.2, 0) is 6.54 Å². The Morgan fingerprint density at radius 3 is 2.74 bits per heavy atom. The van der Waals surface area contributed by atoms with E-state index in [1.165, 1.54) is 50.9 Å². The fourth-order valence-electron chi connectivity index (χ4n) is 3.53. The predicted octanol–water partition coefficient (Wildman–Crippen LogP) is 3.30. The van der Waals surface area contributed by atoms with Crippen molar-refractivity contribution >= 4 is 11.6 Å². The number of halogens is 1. The first kappa shape index (κ1) is 13.4. The van der Waals surface area contributed by atoms with E-state index >= 15 is 0 Å². The Labute approximate surface area is 121 Å². The third-order valence-corrected chi connectivity index (χ3v) is 4.78. The van der Waals surface area contributed by atoms with Crippen molar-refractivity contribution in [1.29, 1.82) is 0 Å². The Bertz CT molecular complexity index is 398. The van der Waals surface area contributed by atoms with Gasteiger partial charge in [0.15, 0.2) is 0 Å². The molecule has 0 radical (unpaired) electrons. The van der Waals surface area contributed by atoms with Crippen LogP contribution in [0.25, 0.3) is 0 Å². The smallest absolute Gasteiger partial charge is 0.0406 e. The van der Waals surface area contributed by atoms with Gasteiger partial charge in [0.05, 0.1) is 0 Å². The highest BCUT2D eigenvalue weighted by atomic mass is 35.5. The van der Waals surface area contributed by atoms with Crippen molar-refractivity contribution in [3.63, 3.8) is 0 Å². The van der Waals surface area contributed by atoms with E-state index in [1.807, 2.05) is 12.1 Å². The van der Waals surface area contributed by atoms with Crippen LogP contribution >= 0.6 is 11.6 Å². The lowest BCUT2D eigenvalue weighted by Gasteiger charge is -2.35. The van der Waals surface area contributed by atoms with Gasteiger partial charge in [0.1, 0.15) is 0 Å². The van der Waals surface area contributed by atoms with E-state index in [9.17, 15) is 0 Å². The van der Waals surface area contributed by atoms with Crippen molar-refractivity contribution in [3.8, 4) is 0 Å². The van der Waals surface area contributed by atoms with E-state index in [2.05, 4.69) is 22.3 Å². The van der Waals surface area contributed by atoms with Crippen molar-refractivity contribution in [1.82, 2.24) is 10.2 Å². The van der Waals surface area contributed by atoms with Crippen LogP contribution in [0.5, 0.6) is 0 Å². The van der Waals surface area contributed by atoms with Crippen LogP contribution < -0.4 is 5.32 Å². The van der Waals surface area contributed by atoms with Crippen LogP contribution in [0.4, 0.5) is 0 Å². The molecule has 2 aliphatic heterocycles. The van der Waals surface area contributed by atoms with E-state index < -0.39 is 0 Å². The molecule has 0 spiro atoms. The fraction of sp³-hybridized carbons (Fsp3) is 0.625. The van der Waals surface area contributed by atoms with Gasteiger partial charge in [0.2, 0.25) is 0 Å². The number of piperidine rings is 1. The topological polar surface area (TPSA) is 15.3 Å². The second-order valence-corrected chi connectivity index (χ2v) is 6.40. The molecule has 0 saturated carbocycles. The zero-order chi connectivity index (χ0) is 13.1. The summed E-state index contributed by atoms with van der Waals surface area (Å²) in [6.45, 7) is 4.78. The summed E-state index contributed by atoms with van der Waals surface area (Å²) in [6.07, 6.45) is 5.48. The first-order valence-electron chi connectivity index (χ1n) is 7.51. The summed E-state index contributed by atoms with van der Waals surface area (Å²) >= 11 is 5.94. The molecular formula is C16H23ClN2. The molecule has 1 aromatic carbocycles. The summed E-state index contributed by atoms with van der Waals surface area (Å²) in [5.74, 6) is 0.851. The number of nitrogens with zero attached hydrogens (tertiary/aromatic N) is 1. The Kier molecular flexibility index (Phi) is 4.42. The van der Waals surface area contributed by atoms with Crippen LogP contribution in [-0.4, -0.2) is 30.6 Å². The summed E-state index contributed by atoms with van der Waals surface area (Å²) in [6, 6.07) is 9.07. The molecule has 1 aromatic rings. The van der Waals surface area contributed by atoms with Gasteiger partial charge < -0.3 is 5.32 Å². The van der Waals surface area contributed by atoms with Gasteiger partial charge in [-0.3, -0.25) is 4.90 Å². The van der Waals surface area contributed by atoms with E-state index in [0.717, 1.165) is 23.5 Å². The van der Waals surface area contributed by atoms with Gasteiger partial charge in [-0.1, -0.05) is 23.7 Å². The van der Waals surface area contributed by atoms with Crippen molar-refractivity contribution in [2.75, 3.05) is 19.6 Å². The summed E-state index contributed by atoms with van der Waals surface area (Å²) in [7, 11) is 0. The van der Waals surface area contributed by atoms with Gasteiger partial charge in [-0.25, -0.2) is 0 Å². The minimum Gasteiger partial charge on any atom is -0.314 e. The maximum atomic E-state index is 5.94. The molecule has 19 heavy (non-hydrogen) atoms. The monoisotopic (exact) mass is 278 g/mol. The minimum absolute atomic E-state index is 0.771. The maximum absolute atomic E-state index is 5.94. The highest BCUT2D eigenvalue weighted by Gasteiger charge is 2.28. The molecule has 104 valence electrons. The van der Waals surface area contributed by atoms with Gasteiger partial charge in [-0.15, -0.1) is 0 Å². The van der Waals surface area contributed by atoms with Gasteiger partial charge in [0, 0.05) is 24.2 Å². The molecule has 3 heteroatoms. The second kappa shape index (κ2) is 6.25. The van der Waals surface area contributed by atoms with Crippen molar-refractivity contribution in [2.24, 2.45) is 5.92 Å². The van der Waals surface area contributed by atoms with Gasteiger partial charge >= 0.3 is 0 Å². The first-order chi connectivity index (χ1) is 9.31. The van der Waals surface area contributed by atoms with Crippen LogP contribution in [0.3, 0.4) is 0 Å². The minimum atomic E-state index is 0.771. The van der Waals surface area contributed by atoms with Crippen LogP contribution in [0.1, 0.15) is 31.2 Å². The third-order valence-electron chi connectivity index (χ3n) is 4.53. The molecule has 2 saturated heterocycles. The molecule has 2 unspecified atom stereocenters. The van der Waals surface area contributed by atoms with E-state index in [4.69, 9.17) is 11.6 Å². The standard InChI is InChI=1S/C16H23ClN2/c17-15-7-5-13(6-8-15)11-19-10-2-3-14(12-19)16-4-1-9-18-16/h5-8,14,16,18H,1-4,9-12H2. The molecular weight excluding hydrogens is 256 g/mol. The van der Waals surface area contributed by atoms with Gasteiger partial charge in [-0.2, -0.15) is 0 Å². The SMILES string of the molecule is Clc1ccc(CN2CCCC(C3CCCN3)C2)cc1. The highest BCUT2D eigenvalue weighted by molar-refractivity contribution is 6.30. The zero-order valence-electron chi connectivity index (χ0n) is 11.4. The molecule has 2 atom stereocenters. The van der Waals surface area contributed by atoms with Crippen molar-refractivity contribution in [2.45, 2.75) is 38.3 Å². The average molecular weight is 279 g/mol. The normalized spacial score (nSPS) is 28.7. The number of likely N-dealkylation sites (tertiary alicyclic amines) is 1. The molecule has 0 aliphatic carbocycles. The number of rotatable bonds is 3. The van der Waals surface area contributed by atoms with Crippen LogP contribution in [0.15, 0.2) is 24.3 Å². The third kappa shape index (κ3) is 3.50. The lowest BCUT2D eigenvalue weighted by molar-refractivity contribution is 0.145. The summed E-state index contributed by atoms with van der Waals surface area (Å²) < 4.78 is 0. The Hall–Kier alpha value is -0.570. The zero-order valence-corrected chi connectivity index (χ0v) is 12.2. The molecule has 2 heterocycles. The lowest BCUT2D eigenvalue weighted by Crippen LogP contribution is -2.43. The Morgan fingerprint density at radius 1 is 1.16 bits per heavy atom. The van der Waals surface area contributed by atoms with Crippen LogP contribution in [0, 0.1) is 5.92 Å². The van der Waals surface area contributed by atoms with Gasteiger partial charge in [0.25, 0.3) is 0 Å². The fourth-order valence-corrected chi connectivity index (χ4v) is 3.65. The highest BCUT2D eigenvalue weighted by Crippen LogP contribution is 2.25. The number of hydrogen-bond acceptors (Lipinski definition) is 2. The molecule has 1 N–H and O–H groups in total. The molecule has 0 aromatic heterocycles. The number of benzene rings is 1.